The summed E-state index contributed by atoms with van der Waals surface area (Å²) in [6.45, 7) is 7.62. The third-order valence-electron chi connectivity index (χ3n) is 7.45. The van der Waals surface area contributed by atoms with E-state index in [9.17, 15) is 4.79 Å². The second-order valence-electron chi connectivity index (χ2n) is 10.3. The molecule has 1 aliphatic rings. The quantitative estimate of drug-likeness (QED) is 0.325. The van der Waals surface area contributed by atoms with Crippen molar-refractivity contribution in [2.75, 3.05) is 0 Å². The van der Waals surface area contributed by atoms with Crippen molar-refractivity contribution >= 4 is 10.9 Å². The predicted octanol–water partition coefficient (Wildman–Crippen LogP) is 5.79. The van der Waals surface area contributed by atoms with E-state index >= 15 is 0 Å². The normalized spacial score (nSPS) is 15.2. The zero-order chi connectivity index (χ0) is 25.1. The van der Waals surface area contributed by atoms with Crippen molar-refractivity contribution in [3.63, 3.8) is 0 Å². The van der Waals surface area contributed by atoms with Gasteiger partial charge in [0.05, 0.1) is 12.1 Å². The number of nitrogens with one attached hydrogen (secondary N) is 1. The maximum Gasteiger partial charge on any atom is 0.252 e. The van der Waals surface area contributed by atoms with Crippen LogP contribution in [0.15, 0.2) is 53.3 Å². The fraction of sp³-hybridized carbons (Fsp3) is 0.448. The van der Waals surface area contributed by atoms with E-state index in [0.717, 1.165) is 48.0 Å². The van der Waals surface area contributed by atoms with Gasteiger partial charge in [0.25, 0.3) is 5.56 Å². The highest BCUT2D eigenvalue weighted by atomic mass is 16.1. The molecule has 1 N–H and O–H groups in total. The highest BCUT2D eigenvalue weighted by Crippen LogP contribution is 2.34. The van der Waals surface area contributed by atoms with Gasteiger partial charge in [-0.15, -0.1) is 5.10 Å². The number of rotatable bonds is 9. The van der Waals surface area contributed by atoms with Crippen LogP contribution < -0.4 is 5.56 Å². The first kappa shape index (κ1) is 24.4. The fourth-order valence-corrected chi connectivity index (χ4v) is 5.49. The lowest BCUT2D eigenvalue weighted by Gasteiger charge is -2.31. The molecule has 0 bridgehead atoms. The lowest BCUT2D eigenvalue weighted by molar-refractivity contribution is 0.153. The molecular weight excluding hydrogens is 448 g/mol. The zero-order valence-electron chi connectivity index (χ0n) is 21.6. The third kappa shape index (κ3) is 5.26. The Bertz CT molecular complexity index is 1370. The molecule has 2 heterocycles. The molecule has 1 aliphatic carbocycles. The Labute approximate surface area is 212 Å². The van der Waals surface area contributed by atoms with E-state index in [1.54, 1.807) is 0 Å². The van der Waals surface area contributed by atoms with Crippen LogP contribution in [0, 0.1) is 13.8 Å². The van der Waals surface area contributed by atoms with Crippen molar-refractivity contribution in [2.45, 2.75) is 84.5 Å². The summed E-state index contributed by atoms with van der Waals surface area (Å²) in [6.07, 6.45) is 6.61. The Kier molecular flexibility index (Phi) is 7.28. The van der Waals surface area contributed by atoms with Gasteiger partial charge in [0, 0.05) is 24.2 Å². The summed E-state index contributed by atoms with van der Waals surface area (Å²) in [7, 11) is 0. The largest absolute Gasteiger partial charge is 0.322 e. The smallest absolute Gasteiger partial charge is 0.252 e. The van der Waals surface area contributed by atoms with Gasteiger partial charge < -0.3 is 4.98 Å². The van der Waals surface area contributed by atoms with Gasteiger partial charge in [-0.25, -0.2) is 4.68 Å². The topological polar surface area (TPSA) is 79.7 Å². The molecule has 4 aromatic rings. The number of pyridine rings is 1. The molecule has 2 aromatic heterocycles. The highest BCUT2D eigenvalue weighted by molar-refractivity contribution is 5.79. The second kappa shape index (κ2) is 10.7. The van der Waals surface area contributed by atoms with Gasteiger partial charge in [-0.05, 0) is 72.7 Å². The summed E-state index contributed by atoms with van der Waals surface area (Å²) in [5.41, 5.74) is 5.23. The first-order valence-corrected chi connectivity index (χ1v) is 13.2. The Morgan fingerprint density at radius 3 is 2.53 bits per heavy atom. The molecule has 2 aromatic carbocycles. The van der Waals surface area contributed by atoms with Crippen molar-refractivity contribution in [3.05, 3.63) is 87.0 Å². The third-order valence-corrected chi connectivity index (χ3v) is 7.45. The number of aromatic nitrogens is 5. The van der Waals surface area contributed by atoms with Crippen LogP contribution in [0.4, 0.5) is 0 Å². The summed E-state index contributed by atoms with van der Waals surface area (Å²) in [4.78, 5) is 18.6. The van der Waals surface area contributed by atoms with E-state index in [4.69, 9.17) is 0 Å². The molecule has 36 heavy (non-hydrogen) atoms. The molecule has 1 atom stereocenters. The van der Waals surface area contributed by atoms with E-state index in [2.05, 4.69) is 81.2 Å². The van der Waals surface area contributed by atoms with Gasteiger partial charge in [-0.2, -0.15) is 0 Å². The first-order valence-electron chi connectivity index (χ1n) is 13.2. The lowest BCUT2D eigenvalue weighted by atomic mass is 10.0. The first-order chi connectivity index (χ1) is 17.5. The summed E-state index contributed by atoms with van der Waals surface area (Å²) in [5.74, 6) is 0.920. The second-order valence-corrected chi connectivity index (χ2v) is 10.3. The predicted molar refractivity (Wildman–Crippen MR) is 143 cm³/mol. The van der Waals surface area contributed by atoms with Crippen LogP contribution in [-0.2, 0) is 13.1 Å². The van der Waals surface area contributed by atoms with Crippen LogP contribution in [0.2, 0.25) is 0 Å². The molecule has 0 spiro atoms. The maximum absolute atomic E-state index is 13.2. The van der Waals surface area contributed by atoms with E-state index in [-0.39, 0.29) is 11.6 Å². The molecule has 0 saturated heterocycles. The minimum absolute atomic E-state index is 0.0134. The number of nitrogens with zero attached hydrogens (tertiary/aromatic N) is 5. The fourth-order valence-electron chi connectivity index (χ4n) is 5.49. The van der Waals surface area contributed by atoms with E-state index in [1.807, 2.05) is 18.2 Å². The Morgan fingerprint density at radius 2 is 1.78 bits per heavy atom. The van der Waals surface area contributed by atoms with Gasteiger partial charge in [0.2, 0.25) is 0 Å². The molecule has 0 radical (unpaired) electrons. The number of H-pyrrole nitrogens is 1. The molecule has 5 rings (SSSR count). The summed E-state index contributed by atoms with van der Waals surface area (Å²) >= 11 is 0. The van der Waals surface area contributed by atoms with Crippen LogP contribution in [0.1, 0.15) is 85.6 Å². The standard InChI is InChI=1S/C29H36N6O/c1-4-7-27(28-31-32-33-35(28)25-8-5-6-9-25)34(18-22-13-10-20(2)11-14-22)19-24-17-23-16-21(3)12-15-26(23)30-29(24)36/h10-17,25,27H,4-9,18-19H2,1-3H3,(H,30,36)/t27-/m1/s1. The van der Waals surface area contributed by atoms with E-state index in [1.165, 1.54) is 29.5 Å². The van der Waals surface area contributed by atoms with Crippen molar-refractivity contribution in [3.8, 4) is 0 Å². The molecule has 0 aliphatic heterocycles. The Balaban J connectivity index is 1.55. The average Bonchev–Trinajstić information content (AvgIpc) is 3.56. The highest BCUT2D eigenvalue weighted by Gasteiger charge is 2.30. The number of aromatic amines is 1. The number of benzene rings is 2. The lowest BCUT2D eigenvalue weighted by Crippen LogP contribution is -2.33. The van der Waals surface area contributed by atoms with Crippen molar-refractivity contribution in [1.29, 1.82) is 0 Å². The van der Waals surface area contributed by atoms with Crippen LogP contribution in [-0.4, -0.2) is 30.1 Å². The number of hydrogen-bond acceptors (Lipinski definition) is 5. The van der Waals surface area contributed by atoms with Gasteiger partial charge in [-0.3, -0.25) is 9.69 Å². The van der Waals surface area contributed by atoms with Crippen LogP contribution in [0.3, 0.4) is 0 Å². The molecule has 1 saturated carbocycles. The molecule has 1 fully saturated rings. The Hall–Kier alpha value is -3.32. The number of fused-ring (bicyclic) bond motifs is 1. The van der Waals surface area contributed by atoms with Gasteiger partial charge in [0.15, 0.2) is 5.82 Å². The van der Waals surface area contributed by atoms with Gasteiger partial charge >= 0.3 is 0 Å². The minimum atomic E-state index is -0.0362. The van der Waals surface area contributed by atoms with E-state index < -0.39 is 0 Å². The number of aryl methyl sites for hydroxylation is 2. The SMILES string of the molecule is CCC[C@H](c1nnnn1C1CCCC1)N(Cc1ccc(C)cc1)Cc1cc2cc(C)ccc2[nH]c1=O. The zero-order valence-corrected chi connectivity index (χ0v) is 21.6. The van der Waals surface area contributed by atoms with Crippen LogP contribution in [0.25, 0.3) is 10.9 Å². The molecular formula is C29H36N6O. The Morgan fingerprint density at radius 1 is 1.03 bits per heavy atom. The summed E-state index contributed by atoms with van der Waals surface area (Å²) < 4.78 is 2.07. The minimum Gasteiger partial charge on any atom is -0.322 e. The number of tetrazole rings is 1. The molecule has 7 heteroatoms. The molecule has 188 valence electrons. The van der Waals surface area contributed by atoms with Crippen molar-refractivity contribution < 1.29 is 0 Å². The van der Waals surface area contributed by atoms with Gasteiger partial charge in [0.1, 0.15) is 0 Å². The number of hydrogen-bond donors (Lipinski definition) is 1. The maximum atomic E-state index is 13.2. The van der Waals surface area contributed by atoms with Gasteiger partial charge in [-0.1, -0.05) is 67.6 Å². The summed E-state index contributed by atoms with van der Waals surface area (Å²) in [6, 6.07) is 17.2. The average molecular weight is 485 g/mol. The molecule has 7 nitrogen and oxygen atoms in total. The van der Waals surface area contributed by atoms with Crippen molar-refractivity contribution in [2.24, 2.45) is 0 Å². The van der Waals surface area contributed by atoms with Crippen LogP contribution in [0.5, 0.6) is 0 Å². The van der Waals surface area contributed by atoms with Crippen molar-refractivity contribution in [1.82, 2.24) is 30.1 Å². The molecule has 0 unspecified atom stereocenters. The summed E-state index contributed by atoms with van der Waals surface area (Å²) in [5, 5.41) is 14.2. The monoisotopic (exact) mass is 484 g/mol. The van der Waals surface area contributed by atoms with Crippen LogP contribution >= 0.6 is 0 Å². The molecule has 0 amide bonds. The van der Waals surface area contributed by atoms with E-state index in [0.29, 0.717) is 19.1 Å².